The molecule has 7 nitrogen and oxygen atoms in total. The summed E-state index contributed by atoms with van der Waals surface area (Å²) in [6, 6.07) is 15.1. The molecule has 0 aromatic heterocycles. The summed E-state index contributed by atoms with van der Waals surface area (Å²) in [5, 5.41) is 1.78. The number of ether oxygens (including phenoxy) is 1. The molecule has 0 saturated heterocycles. The van der Waals surface area contributed by atoms with Crippen molar-refractivity contribution in [2.75, 3.05) is 7.05 Å². The largest absolute Gasteiger partial charge is 0.443 e. The van der Waals surface area contributed by atoms with Gasteiger partial charge in [0.25, 0.3) is 5.91 Å². The van der Waals surface area contributed by atoms with Gasteiger partial charge in [0.1, 0.15) is 12.6 Å². The molecule has 1 unspecified atom stereocenters. The van der Waals surface area contributed by atoms with Crippen LogP contribution in [0.5, 0.6) is 0 Å². The standard InChI is InChI=1S/C17H19ClN4O3/c1-22(19)15(13-7-9-14(18)10-8-13)16(23)20-21-17(24)25-11-12-5-3-2-4-6-12/h2-10,15H,11,19H2,1H3,(H,20,23)(H,21,24). The third-order valence-electron chi connectivity index (χ3n) is 3.34. The molecule has 0 bridgehead atoms. The number of nitrogens with two attached hydrogens (primary N) is 1. The number of halogens is 1. The number of hydrazine groups is 2. The molecule has 0 fully saturated rings. The minimum atomic E-state index is -0.799. The lowest BCUT2D eigenvalue weighted by Crippen LogP contribution is -2.49. The molecule has 2 aromatic carbocycles. The van der Waals surface area contributed by atoms with Crippen molar-refractivity contribution in [1.82, 2.24) is 15.9 Å². The Kier molecular flexibility index (Phi) is 6.76. The fourth-order valence-electron chi connectivity index (χ4n) is 2.16. The molecule has 2 aromatic rings. The van der Waals surface area contributed by atoms with E-state index in [2.05, 4.69) is 10.9 Å². The van der Waals surface area contributed by atoms with Crippen LogP contribution >= 0.6 is 11.6 Å². The van der Waals surface area contributed by atoms with Crippen LogP contribution in [0.4, 0.5) is 4.79 Å². The summed E-state index contributed by atoms with van der Waals surface area (Å²) in [6.07, 6.45) is -0.772. The second kappa shape index (κ2) is 9.03. The molecular formula is C17H19ClN4O3. The fourth-order valence-corrected chi connectivity index (χ4v) is 2.28. The molecule has 2 rings (SSSR count). The molecule has 4 N–H and O–H groups in total. The number of carbonyl (C=O) groups is 2. The van der Waals surface area contributed by atoms with Gasteiger partial charge in [-0.2, -0.15) is 0 Å². The number of hydrogen-bond acceptors (Lipinski definition) is 5. The maximum Gasteiger partial charge on any atom is 0.426 e. The lowest BCUT2D eigenvalue weighted by atomic mass is 10.1. The van der Waals surface area contributed by atoms with Crippen LogP contribution in [0.1, 0.15) is 17.2 Å². The Morgan fingerprint density at radius 3 is 2.36 bits per heavy atom. The zero-order chi connectivity index (χ0) is 18.2. The van der Waals surface area contributed by atoms with Crippen LogP contribution in [0.25, 0.3) is 0 Å². The smallest absolute Gasteiger partial charge is 0.426 e. The first kappa shape index (κ1) is 18.7. The number of amides is 2. The number of benzene rings is 2. The van der Waals surface area contributed by atoms with Crippen molar-refractivity contribution in [1.29, 1.82) is 0 Å². The summed E-state index contributed by atoms with van der Waals surface area (Å²) >= 11 is 5.84. The van der Waals surface area contributed by atoms with Crippen molar-refractivity contribution in [2.24, 2.45) is 5.84 Å². The van der Waals surface area contributed by atoms with Gasteiger partial charge in [-0.25, -0.2) is 15.2 Å². The van der Waals surface area contributed by atoms with Crippen LogP contribution in [-0.4, -0.2) is 24.1 Å². The maximum absolute atomic E-state index is 12.3. The van der Waals surface area contributed by atoms with E-state index in [4.69, 9.17) is 22.2 Å². The van der Waals surface area contributed by atoms with Gasteiger partial charge in [-0.1, -0.05) is 54.1 Å². The van der Waals surface area contributed by atoms with Crippen molar-refractivity contribution in [3.63, 3.8) is 0 Å². The second-order valence-corrected chi connectivity index (χ2v) is 5.73. The molecule has 0 radical (unpaired) electrons. The van der Waals surface area contributed by atoms with E-state index in [1.165, 1.54) is 5.01 Å². The van der Waals surface area contributed by atoms with E-state index in [9.17, 15) is 9.59 Å². The Morgan fingerprint density at radius 1 is 1.12 bits per heavy atom. The molecule has 2 amide bonds. The fraction of sp³-hybridized carbons (Fsp3) is 0.176. The van der Waals surface area contributed by atoms with Crippen molar-refractivity contribution in [2.45, 2.75) is 12.6 Å². The molecule has 0 heterocycles. The molecule has 0 spiro atoms. The van der Waals surface area contributed by atoms with E-state index in [-0.39, 0.29) is 6.61 Å². The number of likely N-dealkylation sites (N-methyl/N-ethyl adjacent to an activating group) is 1. The van der Waals surface area contributed by atoms with Gasteiger partial charge in [0.05, 0.1) is 0 Å². The van der Waals surface area contributed by atoms with E-state index in [1.807, 2.05) is 30.3 Å². The van der Waals surface area contributed by atoms with Crippen molar-refractivity contribution in [3.8, 4) is 0 Å². The van der Waals surface area contributed by atoms with Crippen LogP contribution < -0.4 is 16.7 Å². The number of nitrogens with zero attached hydrogens (tertiary/aromatic N) is 1. The highest BCUT2D eigenvalue weighted by molar-refractivity contribution is 6.30. The van der Waals surface area contributed by atoms with Gasteiger partial charge in [0, 0.05) is 12.1 Å². The van der Waals surface area contributed by atoms with Gasteiger partial charge < -0.3 is 4.74 Å². The molecular weight excluding hydrogens is 344 g/mol. The SMILES string of the molecule is CN(N)C(C(=O)NNC(=O)OCc1ccccc1)c1ccc(Cl)cc1. The third-order valence-corrected chi connectivity index (χ3v) is 3.59. The van der Waals surface area contributed by atoms with E-state index in [0.29, 0.717) is 10.6 Å². The zero-order valence-corrected chi connectivity index (χ0v) is 14.4. The minimum absolute atomic E-state index is 0.0972. The first-order chi connectivity index (χ1) is 12.0. The molecule has 0 aliphatic rings. The van der Waals surface area contributed by atoms with E-state index in [0.717, 1.165) is 5.56 Å². The Morgan fingerprint density at radius 2 is 1.76 bits per heavy atom. The van der Waals surface area contributed by atoms with Crippen molar-refractivity contribution >= 4 is 23.6 Å². The molecule has 1 atom stereocenters. The molecule has 0 aliphatic heterocycles. The summed E-state index contributed by atoms with van der Waals surface area (Å²) in [4.78, 5) is 24.0. The maximum atomic E-state index is 12.3. The number of rotatable bonds is 5. The second-order valence-electron chi connectivity index (χ2n) is 5.30. The quantitative estimate of drug-likeness (QED) is 0.559. The molecule has 8 heteroatoms. The van der Waals surface area contributed by atoms with Gasteiger partial charge in [-0.3, -0.25) is 16.1 Å². The van der Waals surface area contributed by atoms with Crippen molar-refractivity contribution < 1.29 is 14.3 Å². The van der Waals surface area contributed by atoms with Crippen molar-refractivity contribution in [3.05, 3.63) is 70.7 Å². The van der Waals surface area contributed by atoms with E-state index >= 15 is 0 Å². The Balaban J connectivity index is 1.88. The average molecular weight is 363 g/mol. The van der Waals surface area contributed by atoms with Gasteiger partial charge in [0.2, 0.25) is 0 Å². The highest BCUT2D eigenvalue weighted by Gasteiger charge is 2.24. The monoisotopic (exact) mass is 362 g/mol. The van der Waals surface area contributed by atoms with Crippen LogP contribution in [-0.2, 0) is 16.1 Å². The Labute approximate surface area is 150 Å². The predicted octanol–water partition coefficient (Wildman–Crippen LogP) is 2.14. The summed E-state index contributed by atoms with van der Waals surface area (Å²) in [5.41, 5.74) is 5.96. The normalized spacial score (nSPS) is 11.7. The van der Waals surface area contributed by atoms with Crippen LogP contribution in [0.2, 0.25) is 5.02 Å². The topological polar surface area (TPSA) is 96.7 Å². The predicted molar refractivity (Wildman–Crippen MR) is 94.0 cm³/mol. The summed E-state index contributed by atoms with van der Waals surface area (Å²) in [5.74, 6) is 5.23. The summed E-state index contributed by atoms with van der Waals surface area (Å²) in [6.45, 7) is 0.0972. The number of carbonyl (C=O) groups excluding carboxylic acids is 2. The molecule has 0 aliphatic carbocycles. The van der Waals surface area contributed by atoms with Crippen LogP contribution in [0.15, 0.2) is 54.6 Å². The summed E-state index contributed by atoms with van der Waals surface area (Å²) < 4.78 is 5.01. The van der Waals surface area contributed by atoms with Gasteiger partial charge in [-0.05, 0) is 23.3 Å². The summed E-state index contributed by atoms with van der Waals surface area (Å²) in [7, 11) is 1.55. The molecule has 132 valence electrons. The minimum Gasteiger partial charge on any atom is -0.443 e. The van der Waals surface area contributed by atoms with Crippen LogP contribution in [0, 0.1) is 0 Å². The Bertz CT molecular complexity index is 708. The molecule has 25 heavy (non-hydrogen) atoms. The first-order valence-electron chi connectivity index (χ1n) is 7.47. The molecule has 0 saturated carbocycles. The van der Waals surface area contributed by atoms with Crippen LogP contribution in [0.3, 0.4) is 0 Å². The Hall–Kier alpha value is -2.61. The average Bonchev–Trinajstić information content (AvgIpc) is 2.60. The third kappa shape index (κ3) is 5.75. The highest BCUT2D eigenvalue weighted by atomic mass is 35.5. The highest BCUT2D eigenvalue weighted by Crippen LogP contribution is 2.19. The zero-order valence-electron chi connectivity index (χ0n) is 13.6. The first-order valence-corrected chi connectivity index (χ1v) is 7.84. The van der Waals surface area contributed by atoms with Gasteiger partial charge in [0.15, 0.2) is 0 Å². The number of hydrogen-bond donors (Lipinski definition) is 3. The van der Waals surface area contributed by atoms with E-state index in [1.54, 1.807) is 31.3 Å². The van der Waals surface area contributed by atoms with E-state index < -0.39 is 18.0 Å². The lowest BCUT2D eigenvalue weighted by molar-refractivity contribution is -0.127. The van der Waals surface area contributed by atoms with Gasteiger partial charge >= 0.3 is 6.09 Å². The lowest BCUT2D eigenvalue weighted by Gasteiger charge is -2.23. The number of nitrogens with one attached hydrogen (secondary N) is 2. The van der Waals surface area contributed by atoms with Gasteiger partial charge in [-0.15, -0.1) is 0 Å².